The van der Waals surface area contributed by atoms with Crippen LogP contribution in [0.2, 0.25) is 5.02 Å². The number of amides is 1. The molecule has 2 aromatic carbocycles. The third-order valence-electron chi connectivity index (χ3n) is 3.44. The summed E-state index contributed by atoms with van der Waals surface area (Å²) in [6, 6.07) is 3.13. The zero-order valence-electron chi connectivity index (χ0n) is 14.5. The van der Waals surface area contributed by atoms with Crippen LogP contribution in [-0.4, -0.2) is 16.4 Å². The summed E-state index contributed by atoms with van der Waals surface area (Å²) in [6.07, 6.45) is -10.3. The fraction of sp³-hybridized carbons (Fsp3) is 0.133. The van der Waals surface area contributed by atoms with E-state index in [0.717, 1.165) is 18.2 Å². The summed E-state index contributed by atoms with van der Waals surface area (Å²) >= 11 is 5.71. The Bertz CT molecular complexity index is 990. The van der Waals surface area contributed by atoms with Gasteiger partial charge in [-0.05, 0) is 36.4 Å². The summed E-state index contributed by atoms with van der Waals surface area (Å²) in [6.45, 7) is 0. The molecule has 16 heteroatoms. The number of benzene rings is 2. The molecule has 0 spiro atoms. The van der Waals surface area contributed by atoms with Gasteiger partial charge in [-0.15, -0.1) is 9.35 Å². The van der Waals surface area contributed by atoms with E-state index in [4.69, 9.17) is 22.1 Å². The second-order valence-electron chi connectivity index (χ2n) is 5.59. The van der Waals surface area contributed by atoms with Crippen LogP contribution in [0.5, 0.6) is 5.75 Å². The van der Waals surface area contributed by atoms with Crippen LogP contribution in [-0.2, 0) is 26.3 Å². The summed E-state index contributed by atoms with van der Waals surface area (Å²) < 4.78 is 101. The zero-order valence-corrected chi connectivity index (χ0v) is 16.1. The quantitative estimate of drug-likeness (QED) is 0.192. The molecule has 0 saturated heterocycles. The van der Waals surface area contributed by atoms with Gasteiger partial charge in [0, 0.05) is 10.7 Å². The number of carbonyl (C=O) groups is 1. The summed E-state index contributed by atoms with van der Waals surface area (Å²) in [4.78, 5) is 12.5. The molecule has 0 atom stereocenters. The third kappa shape index (κ3) is 6.32. The number of hydrogen-bond donors (Lipinski definition) is 3. The molecule has 0 heterocycles. The molecule has 0 aliphatic rings. The number of hydrogen-bond acceptors (Lipinski definition) is 7. The van der Waals surface area contributed by atoms with E-state index in [9.17, 15) is 35.7 Å². The van der Waals surface area contributed by atoms with E-state index in [1.165, 1.54) is 0 Å². The fourth-order valence-electron chi connectivity index (χ4n) is 2.15. The normalized spacial score (nSPS) is 12.5. The molecule has 0 radical (unpaired) electrons. The number of anilines is 1. The van der Waals surface area contributed by atoms with Crippen molar-refractivity contribution in [1.82, 2.24) is 0 Å². The Labute approximate surface area is 173 Å². The predicted molar refractivity (Wildman–Crippen MR) is 91.5 cm³/mol. The van der Waals surface area contributed by atoms with Crippen LogP contribution in [0.15, 0.2) is 36.4 Å². The summed E-state index contributed by atoms with van der Waals surface area (Å²) in [7, 11) is -5.04. The van der Waals surface area contributed by atoms with Crippen molar-refractivity contribution in [2.24, 2.45) is 0 Å². The molecular weight excluding hydrogens is 487 g/mol. The van der Waals surface area contributed by atoms with Gasteiger partial charge in [-0.3, -0.25) is 4.79 Å². The van der Waals surface area contributed by atoms with Crippen LogP contribution in [0, 0.1) is 0 Å². The maximum Gasteiger partial charge on any atom is 0.585 e. The second-order valence-corrected chi connectivity index (χ2v) is 7.43. The smallest absolute Gasteiger partial charge is 0.400 e. The molecule has 1 amide bonds. The SMILES string of the molecule is O=C(Nc1cc(C(F)(F)F)cc(C(F)(F)F)c1)c1cc(Cl)ccc1OP(=O)(OO)OO. The van der Waals surface area contributed by atoms with Gasteiger partial charge >= 0.3 is 20.2 Å². The minimum atomic E-state index is -5.16. The highest BCUT2D eigenvalue weighted by Crippen LogP contribution is 2.48. The zero-order chi connectivity index (χ0) is 23.6. The van der Waals surface area contributed by atoms with Crippen LogP contribution < -0.4 is 9.84 Å². The standard InChI is InChI=1S/C15H9ClF6NO7P/c16-9-1-2-12(28-31(27,29-25)30-26)11(6-9)13(24)23-10-4-7(14(17,18)19)3-8(5-10)15(20,21)22/h1-6,25-26H,(H,23,24). The Morgan fingerprint density at radius 3 is 1.90 bits per heavy atom. The number of carbonyl (C=O) groups excluding carboxylic acids is 1. The average Bonchev–Trinajstić information content (AvgIpc) is 2.67. The minimum absolute atomic E-state index is 0.142. The number of halogens is 7. The Hall–Kier alpha value is -2.35. The van der Waals surface area contributed by atoms with Crippen molar-refractivity contribution in [1.29, 1.82) is 0 Å². The van der Waals surface area contributed by atoms with Crippen molar-refractivity contribution in [3.8, 4) is 5.75 Å². The predicted octanol–water partition coefficient (Wildman–Crippen LogP) is 6.10. The molecule has 0 aliphatic heterocycles. The van der Waals surface area contributed by atoms with Gasteiger partial charge in [-0.1, -0.05) is 11.6 Å². The molecule has 3 N–H and O–H groups in total. The molecule has 31 heavy (non-hydrogen) atoms. The lowest BCUT2D eigenvalue weighted by atomic mass is 10.1. The molecule has 0 unspecified atom stereocenters. The number of phosphoric acid groups is 1. The van der Waals surface area contributed by atoms with Crippen LogP contribution in [0.4, 0.5) is 32.0 Å². The highest BCUT2D eigenvalue weighted by molar-refractivity contribution is 7.48. The van der Waals surface area contributed by atoms with Crippen molar-refractivity contribution in [2.45, 2.75) is 12.4 Å². The Morgan fingerprint density at radius 1 is 0.935 bits per heavy atom. The lowest BCUT2D eigenvalue weighted by Crippen LogP contribution is -2.16. The molecular formula is C15H9ClF6NO7P. The first kappa shape index (κ1) is 24.9. The third-order valence-corrected chi connectivity index (χ3v) is 4.50. The van der Waals surface area contributed by atoms with Gasteiger partial charge in [-0.25, -0.2) is 15.1 Å². The van der Waals surface area contributed by atoms with Gasteiger partial charge < -0.3 is 9.84 Å². The first-order valence-corrected chi connectivity index (χ1v) is 9.39. The Morgan fingerprint density at radius 2 is 1.45 bits per heavy atom. The number of nitrogens with one attached hydrogen (secondary N) is 1. The topological polar surface area (TPSA) is 114 Å². The lowest BCUT2D eigenvalue weighted by Gasteiger charge is -2.16. The number of alkyl halides is 6. The van der Waals surface area contributed by atoms with E-state index in [1.807, 2.05) is 0 Å². The molecule has 2 aromatic rings. The minimum Gasteiger partial charge on any atom is -0.400 e. The van der Waals surface area contributed by atoms with Crippen molar-refractivity contribution >= 4 is 31.0 Å². The molecule has 170 valence electrons. The lowest BCUT2D eigenvalue weighted by molar-refractivity contribution is -0.221. The van der Waals surface area contributed by atoms with E-state index in [0.29, 0.717) is 0 Å². The van der Waals surface area contributed by atoms with Gasteiger partial charge in [0.2, 0.25) is 0 Å². The van der Waals surface area contributed by atoms with Crippen molar-refractivity contribution in [2.75, 3.05) is 5.32 Å². The molecule has 0 aromatic heterocycles. The van der Waals surface area contributed by atoms with Crippen molar-refractivity contribution < 1.29 is 60.1 Å². The van der Waals surface area contributed by atoms with E-state index in [2.05, 4.69) is 13.9 Å². The highest BCUT2D eigenvalue weighted by atomic mass is 35.5. The molecule has 0 aliphatic carbocycles. The van der Waals surface area contributed by atoms with E-state index >= 15 is 0 Å². The molecule has 2 rings (SSSR count). The molecule has 8 nitrogen and oxygen atoms in total. The largest absolute Gasteiger partial charge is 0.585 e. The average molecular weight is 496 g/mol. The molecule has 0 saturated carbocycles. The van der Waals surface area contributed by atoms with Crippen molar-refractivity contribution in [3.05, 3.63) is 58.1 Å². The summed E-state index contributed by atoms with van der Waals surface area (Å²) in [5.74, 6) is -2.08. The van der Waals surface area contributed by atoms with Gasteiger partial charge in [0.1, 0.15) is 5.75 Å². The number of rotatable bonds is 6. The van der Waals surface area contributed by atoms with E-state index in [1.54, 1.807) is 5.32 Å². The first-order valence-electron chi connectivity index (χ1n) is 7.55. The maximum atomic E-state index is 13.0. The Balaban J connectivity index is 2.48. The monoisotopic (exact) mass is 495 g/mol. The van der Waals surface area contributed by atoms with Crippen LogP contribution in [0.1, 0.15) is 21.5 Å². The van der Waals surface area contributed by atoms with Crippen LogP contribution in [0.3, 0.4) is 0 Å². The van der Waals surface area contributed by atoms with Gasteiger partial charge in [0.15, 0.2) is 0 Å². The van der Waals surface area contributed by atoms with Gasteiger partial charge in [-0.2, -0.15) is 26.3 Å². The molecule has 0 bridgehead atoms. The highest BCUT2D eigenvalue weighted by Gasteiger charge is 2.37. The van der Waals surface area contributed by atoms with Gasteiger partial charge in [0.25, 0.3) is 5.91 Å². The first-order chi connectivity index (χ1) is 14.2. The second kappa shape index (κ2) is 9.02. The van der Waals surface area contributed by atoms with E-state index < -0.39 is 54.2 Å². The summed E-state index contributed by atoms with van der Waals surface area (Å²) in [5.41, 5.74) is -4.94. The van der Waals surface area contributed by atoms with Crippen molar-refractivity contribution in [3.63, 3.8) is 0 Å². The van der Waals surface area contributed by atoms with E-state index in [-0.39, 0.29) is 23.2 Å². The fourth-order valence-corrected chi connectivity index (χ4v) is 2.82. The Kier molecular flexibility index (Phi) is 7.25. The maximum absolute atomic E-state index is 13.0. The van der Waals surface area contributed by atoms with Crippen LogP contribution in [0.25, 0.3) is 0 Å². The molecule has 0 fully saturated rings. The van der Waals surface area contributed by atoms with Gasteiger partial charge in [0.05, 0.1) is 16.7 Å². The van der Waals surface area contributed by atoms with Crippen LogP contribution >= 0.6 is 19.4 Å². The summed E-state index contributed by atoms with van der Waals surface area (Å²) in [5, 5.41) is 18.6.